The quantitative estimate of drug-likeness (QED) is 0.575. The van der Waals surface area contributed by atoms with Crippen molar-refractivity contribution in [2.75, 3.05) is 26.2 Å². The summed E-state index contributed by atoms with van der Waals surface area (Å²) >= 11 is 0. The van der Waals surface area contributed by atoms with E-state index in [1.807, 2.05) is 0 Å². The fourth-order valence-electron chi connectivity index (χ4n) is 3.68. The molecule has 0 aromatic carbocycles. The van der Waals surface area contributed by atoms with E-state index < -0.39 is 12.0 Å². The van der Waals surface area contributed by atoms with Crippen LogP contribution in [0.3, 0.4) is 0 Å². The Morgan fingerprint density at radius 2 is 2.00 bits per heavy atom. The minimum atomic E-state index is -1.14. The van der Waals surface area contributed by atoms with Gasteiger partial charge in [0.15, 0.2) is 0 Å². The predicted octanol–water partition coefficient (Wildman–Crippen LogP) is 0.598. The number of likely N-dealkylation sites (tertiary alicyclic amines) is 1. The molecule has 2 rings (SSSR count). The molecule has 144 valence electrons. The minimum Gasteiger partial charge on any atom is -0.480 e. The third kappa shape index (κ3) is 6.03. The van der Waals surface area contributed by atoms with Crippen molar-refractivity contribution < 1.29 is 19.5 Å². The van der Waals surface area contributed by atoms with Gasteiger partial charge >= 0.3 is 5.97 Å². The lowest BCUT2D eigenvalue weighted by Crippen LogP contribution is -2.49. The van der Waals surface area contributed by atoms with Crippen LogP contribution in [0.25, 0.3) is 0 Å². The van der Waals surface area contributed by atoms with E-state index in [2.05, 4.69) is 16.6 Å². The molecule has 2 fully saturated rings. The Kier molecular flexibility index (Phi) is 7.92. The number of hydrogen-bond donors (Lipinski definition) is 3. The van der Waals surface area contributed by atoms with Gasteiger partial charge in [-0.25, -0.2) is 4.79 Å². The number of hydrogen-bond acceptors (Lipinski definition) is 4. The van der Waals surface area contributed by atoms with Crippen molar-refractivity contribution in [3.63, 3.8) is 0 Å². The molecule has 2 saturated heterocycles. The van der Waals surface area contributed by atoms with Crippen LogP contribution in [0.15, 0.2) is 0 Å². The molecule has 2 amide bonds. The van der Waals surface area contributed by atoms with Crippen LogP contribution in [-0.4, -0.2) is 60.0 Å². The summed E-state index contributed by atoms with van der Waals surface area (Å²) in [7, 11) is 0. The van der Waals surface area contributed by atoms with E-state index in [0.29, 0.717) is 31.8 Å². The number of rotatable bonds is 7. The summed E-state index contributed by atoms with van der Waals surface area (Å²) in [5.74, 6) is 1.13. The van der Waals surface area contributed by atoms with Gasteiger partial charge in [-0.1, -0.05) is 0 Å². The Balaban J connectivity index is 1.81. The molecule has 3 N–H and O–H groups in total. The molecule has 7 heteroatoms. The number of terminal acetylenes is 1. The Labute approximate surface area is 154 Å². The maximum Gasteiger partial charge on any atom is 0.327 e. The fourth-order valence-corrected chi connectivity index (χ4v) is 3.68. The van der Waals surface area contributed by atoms with Crippen molar-refractivity contribution in [2.45, 2.75) is 51.0 Å². The summed E-state index contributed by atoms with van der Waals surface area (Å²) < 4.78 is 0. The van der Waals surface area contributed by atoms with Crippen LogP contribution in [0.5, 0.6) is 0 Å². The first-order valence-electron chi connectivity index (χ1n) is 9.46. The first-order valence-corrected chi connectivity index (χ1v) is 9.46. The van der Waals surface area contributed by atoms with Gasteiger partial charge in [0.05, 0.1) is 5.92 Å². The van der Waals surface area contributed by atoms with Crippen molar-refractivity contribution in [3.8, 4) is 12.3 Å². The lowest BCUT2D eigenvalue weighted by Gasteiger charge is -2.33. The molecule has 0 bridgehead atoms. The predicted molar refractivity (Wildman–Crippen MR) is 97.1 cm³/mol. The van der Waals surface area contributed by atoms with Crippen molar-refractivity contribution >= 4 is 17.8 Å². The molecule has 2 atom stereocenters. The van der Waals surface area contributed by atoms with Crippen LogP contribution < -0.4 is 10.6 Å². The average Bonchev–Trinajstić information content (AvgIpc) is 2.66. The Morgan fingerprint density at radius 3 is 2.65 bits per heavy atom. The van der Waals surface area contributed by atoms with Gasteiger partial charge in [-0.2, -0.15) is 0 Å². The van der Waals surface area contributed by atoms with E-state index in [4.69, 9.17) is 11.5 Å². The van der Waals surface area contributed by atoms with Gasteiger partial charge in [0.2, 0.25) is 11.8 Å². The molecule has 0 aromatic heterocycles. The SMILES string of the molecule is C#CC[C@@H](NC(=O)[C@@H]1CCCN(C(=O)CCC2CCNCC2)C1)C(=O)O. The number of amides is 2. The molecule has 0 aliphatic carbocycles. The van der Waals surface area contributed by atoms with E-state index in [0.717, 1.165) is 38.8 Å². The molecule has 0 radical (unpaired) electrons. The molecule has 0 saturated carbocycles. The maximum atomic E-state index is 12.5. The normalized spacial score (nSPS) is 22.3. The van der Waals surface area contributed by atoms with E-state index in [9.17, 15) is 14.4 Å². The highest BCUT2D eigenvalue weighted by Gasteiger charge is 2.30. The van der Waals surface area contributed by atoms with Crippen LogP contribution in [0, 0.1) is 24.2 Å². The van der Waals surface area contributed by atoms with Crippen LogP contribution in [0.2, 0.25) is 0 Å². The molecule has 2 aliphatic heterocycles. The van der Waals surface area contributed by atoms with Crippen molar-refractivity contribution in [1.82, 2.24) is 15.5 Å². The average molecular weight is 363 g/mol. The van der Waals surface area contributed by atoms with Gasteiger partial charge in [-0.3, -0.25) is 9.59 Å². The van der Waals surface area contributed by atoms with E-state index >= 15 is 0 Å². The summed E-state index contributed by atoms with van der Waals surface area (Å²) in [6, 6.07) is -1.07. The van der Waals surface area contributed by atoms with Crippen LogP contribution in [-0.2, 0) is 14.4 Å². The molecule has 26 heavy (non-hydrogen) atoms. The maximum absolute atomic E-state index is 12.5. The van der Waals surface area contributed by atoms with Gasteiger partial charge < -0.3 is 20.6 Å². The van der Waals surface area contributed by atoms with Crippen LogP contribution in [0.1, 0.15) is 44.9 Å². The van der Waals surface area contributed by atoms with Crippen LogP contribution >= 0.6 is 0 Å². The second-order valence-electron chi connectivity index (χ2n) is 7.22. The summed E-state index contributed by atoms with van der Waals surface area (Å²) in [5.41, 5.74) is 0. The summed E-state index contributed by atoms with van der Waals surface area (Å²) in [6.45, 7) is 3.07. The van der Waals surface area contributed by atoms with Crippen molar-refractivity contribution in [3.05, 3.63) is 0 Å². The van der Waals surface area contributed by atoms with Gasteiger partial charge in [0, 0.05) is 25.9 Å². The van der Waals surface area contributed by atoms with Crippen molar-refractivity contribution in [2.24, 2.45) is 11.8 Å². The molecular weight excluding hydrogens is 334 g/mol. The zero-order chi connectivity index (χ0) is 18.9. The molecule has 2 heterocycles. The van der Waals surface area contributed by atoms with Gasteiger partial charge in [-0.05, 0) is 51.1 Å². The number of aliphatic carboxylic acids is 1. The summed E-state index contributed by atoms with van der Waals surface area (Å²) in [6.07, 6.45) is 10.2. The first-order chi connectivity index (χ1) is 12.5. The number of carboxylic acid groups (broad SMARTS) is 1. The van der Waals surface area contributed by atoms with E-state index in [1.165, 1.54) is 0 Å². The first kappa shape index (κ1) is 20.2. The Hall–Kier alpha value is -2.07. The standard InChI is InChI=1S/C19H29N3O4/c1-2-4-16(19(25)26)21-18(24)15-5-3-12-22(13-15)17(23)7-6-14-8-10-20-11-9-14/h1,14-16,20H,3-13H2,(H,21,24)(H,25,26)/t15-,16-/m1/s1. The van der Waals surface area contributed by atoms with Crippen LogP contribution in [0.4, 0.5) is 0 Å². The number of nitrogens with one attached hydrogen (secondary N) is 2. The molecule has 2 aliphatic rings. The molecule has 0 spiro atoms. The molecular formula is C19H29N3O4. The molecule has 0 unspecified atom stereocenters. The minimum absolute atomic E-state index is 0.0489. The largest absolute Gasteiger partial charge is 0.480 e. The third-order valence-electron chi connectivity index (χ3n) is 5.31. The lowest BCUT2D eigenvalue weighted by atomic mass is 9.92. The molecule has 0 aromatic rings. The zero-order valence-corrected chi connectivity index (χ0v) is 15.2. The van der Waals surface area contributed by atoms with Gasteiger partial charge in [0.1, 0.15) is 6.04 Å². The Morgan fingerprint density at radius 1 is 1.27 bits per heavy atom. The highest BCUT2D eigenvalue weighted by atomic mass is 16.4. The monoisotopic (exact) mass is 363 g/mol. The number of carboxylic acids is 1. The number of piperidine rings is 2. The number of carbonyl (C=O) groups excluding carboxylic acids is 2. The Bertz CT molecular complexity index is 551. The molecule has 7 nitrogen and oxygen atoms in total. The smallest absolute Gasteiger partial charge is 0.327 e. The van der Waals surface area contributed by atoms with Crippen molar-refractivity contribution in [1.29, 1.82) is 0 Å². The van der Waals surface area contributed by atoms with Gasteiger partial charge in [0.25, 0.3) is 0 Å². The highest BCUT2D eigenvalue weighted by molar-refractivity contribution is 5.86. The number of nitrogens with zero attached hydrogens (tertiary/aromatic N) is 1. The third-order valence-corrected chi connectivity index (χ3v) is 5.31. The summed E-state index contributed by atoms with van der Waals surface area (Å²) in [5, 5.41) is 14.9. The fraction of sp³-hybridized carbons (Fsp3) is 0.737. The lowest BCUT2D eigenvalue weighted by molar-refractivity contribution is -0.143. The topological polar surface area (TPSA) is 98.7 Å². The number of carbonyl (C=O) groups is 3. The second kappa shape index (κ2) is 10.2. The van der Waals surface area contributed by atoms with E-state index in [1.54, 1.807) is 4.90 Å². The van der Waals surface area contributed by atoms with Gasteiger partial charge in [-0.15, -0.1) is 12.3 Å². The summed E-state index contributed by atoms with van der Waals surface area (Å²) in [4.78, 5) is 37.8. The highest BCUT2D eigenvalue weighted by Crippen LogP contribution is 2.21. The van der Waals surface area contributed by atoms with E-state index in [-0.39, 0.29) is 24.2 Å². The second-order valence-corrected chi connectivity index (χ2v) is 7.22. The zero-order valence-electron chi connectivity index (χ0n) is 15.2.